The first kappa shape index (κ1) is 11.7. The number of rotatable bonds is 5. The fourth-order valence-corrected chi connectivity index (χ4v) is 0.698. The average Bonchev–Trinajstić information content (AvgIpc) is 1.98. The Balaban J connectivity index is 3.70. The largest absolute Gasteiger partial charge is 0.481 e. The van der Waals surface area contributed by atoms with Crippen molar-refractivity contribution < 1.29 is 19.4 Å². The molecule has 0 aromatic heterocycles. The van der Waals surface area contributed by atoms with E-state index in [0.717, 1.165) is 0 Å². The van der Waals surface area contributed by atoms with E-state index in [1.165, 1.54) is 0 Å². The predicted octanol–water partition coefficient (Wildman–Crippen LogP) is 1.22. The van der Waals surface area contributed by atoms with Crippen LogP contribution in [-0.4, -0.2) is 23.7 Å². The Morgan fingerprint density at radius 2 is 2.08 bits per heavy atom. The monoisotopic (exact) mass is 186 g/mol. The van der Waals surface area contributed by atoms with Gasteiger partial charge in [-0.1, -0.05) is 13.5 Å². The number of aliphatic carboxylic acids is 1. The summed E-state index contributed by atoms with van der Waals surface area (Å²) < 4.78 is 4.76. The molecule has 0 saturated heterocycles. The van der Waals surface area contributed by atoms with E-state index >= 15 is 0 Å². The first-order valence-electron chi connectivity index (χ1n) is 3.98. The predicted molar refractivity (Wildman–Crippen MR) is 47.2 cm³/mol. The van der Waals surface area contributed by atoms with Crippen LogP contribution in [0.25, 0.3) is 0 Å². The number of esters is 1. The van der Waals surface area contributed by atoms with Gasteiger partial charge in [-0.2, -0.15) is 0 Å². The molecule has 0 aliphatic rings. The van der Waals surface area contributed by atoms with Crippen molar-refractivity contribution in [2.45, 2.75) is 20.3 Å². The maximum absolute atomic E-state index is 10.9. The molecule has 0 spiro atoms. The molecule has 4 heteroatoms. The van der Waals surface area contributed by atoms with Crippen molar-refractivity contribution in [3.8, 4) is 0 Å². The molecular formula is C9H14O4. The standard InChI is InChI=1S/C9H14O4/c1-6(2)9(12)13-5-7(3)4-8(10)11/h7H,1,4-5H2,2-3H3,(H,10,11). The third-order valence-electron chi connectivity index (χ3n) is 1.37. The molecule has 4 nitrogen and oxygen atoms in total. The Kier molecular flexibility index (Phi) is 4.80. The second-order valence-corrected chi connectivity index (χ2v) is 3.08. The van der Waals surface area contributed by atoms with Crippen molar-refractivity contribution in [3.63, 3.8) is 0 Å². The first-order valence-corrected chi connectivity index (χ1v) is 3.98. The van der Waals surface area contributed by atoms with Crippen LogP contribution in [0.4, 0.5) is 0 Å². The molecule has 1 unspecified atom stereocenters. The maximum atomic E-state index is 10.9. The maximum Gasteiger partial charge on any atom is 0.333 e. The molecule has 0 amide bonds. The summed E-state index contributed by atoms with van der Waals surface area (Å²) in [5, 5.41) is 8.40. The van der Waals surface area contributed by atoms with Crippen LogP contribution < -0.4 is 0 Å². The van der Waals surface area contributed by atoms with Gasteiger partial charge in [-0.15, -0.1) is 0 Å². The minimum atomic E-state index is -0.890. The van der Waals surface area contributed by atoms with Gasteiger partial charge in [-0.3, -0.25) is 4.79 Å². The van der Waals surface area contributed by atoms with Gasteiger partial charge >= 0.3 is 11.9 Å². The molecule has 1 atom stereocenters. The van der Waals surface area contributed by atoms with Gasteiger partial charge in [-0.25, -0.2) is 4.79 Å². The number of carbonyl (C=O) groups is 2. The summed E-state index contributed by atoms with van der Waals surface area (Å²) in [5.74, 6) is -1.53. The Bertz CT molecular complexity index is 220. The van der Waals surface area contributed by atoms with Crippen molar-refractivity contribution in [3.05, 3.63) is 12.2 Å². The van der Waals surface area contributed by atoms with Gasteiger partial charge in [-0.05, 0) is 6.92 Å². The molecule has 0 fully saturated rings. The summed E-state index contributed by atoms with van der Waals surface area (Å²) in [6.07, 6.45) is 0.00344. The van der Waals surface area contributed by atoms with Crippen LogP contribution >= 0.6 is 0 Å². The summed E-state index contributed by atoms with van der Waals surface area (Å²) in [7, 11) is 0. The topological polar surface area (TPSA) is 63.6 Å². The molecule has 0 aliphatic carbocycles. The highest BCUT2D eigenvalue weighted by Gasteiger charge is 2.10. The summed E-state index contributed by atoms with van der Waals surface area (Å²) in [6.45, 7) is 6.78. The van der Waals surface area contributed by atoms with Crippen LogP contribution in [-0.2, 0) is 14.3 Å². The van der Waals surface area contributed by atoms with Crippen molar-refractivity contribution in [1.29, 1.82) is 0 Å². The minimum Gasteiger partial charge on any atom is -0.481 e. The van der Waals surface area contributed by atoms with Gasteiger partial charge in [0.1, 0.15) is 0 Å². The van der Waals surface area contributed by atoms with Gasteiger partial charge in [0.05, 0.1) is 13.0 Å². The lowest BCUT2D eigenvalue weighted by molar-refractivity contribution is -0.143. The van der Waals surface area contributed by atoms with Crippen molar-refractivity contribution in [2.24, 2.45) is 5.92 Å². The number of hydrogen-bond donors (Lipinski definition) is 1. The highest BCUT2D eigenvalue weighted by Crippen LogP contribution is 2.03. The van der Waals surface area contributed by atoms with E-state index in [2.05, 4.69) is 6.58 Å². The Morgan fingerprint density at radius 1 is 1.54 bits per heavy atom. The van der Waals surface area contributed by atoms with E-state index < -0.39 is 11.9 Å². The Hall–Kier alpha value is -1.32. The second-order valence-electron chi connectivity index (χ2n) is 3.08. The highest BCUT2D eigenvalue weighted by molar-refractivity contribution is 5.86. The molecule has 0 bridgehead atoms. The van der Waals surface area contributed by atoms with Crippen LogP contribution in [0.1, 0.15) is 20.3 Å². The number of hydrogen-bond acceptors (Lipinski definition) is 3. The molecule has 0 heterocycles. The van der Waals surface area contributed by atoms with E-state index in [1.807, 2.05) is 0 Å². The Labute approximate surface area is 77.2 Å². The third-order valence-corrected chi connectivity index (χ3v) is 1.37. The van der Waals surface area contributed by atoms with Crippen molar-refractivity contribution >= 4 is 11.9 Å². The minimum absolute atomic E-state index is 0.00344. The number of carboxylic acid groups (broad SMARTS) is 1. The fraction of sp³-hybridized carbons (Fsp3) is 0.556. The summed E-state index contributed by atoms with van der Waals surface area (Å²) >= 11 is 0. The van der Waals surface area contributed by atoms with E-state index in [-0.39, 0.29) is 18.9 Å². The summed E-state index contributed by atoms with van der Waals surface area (Å²) in [5.41, 5.74) is 0.322. The third kappa shape index (κ3) is 5.90. The van der Waals surface area contributed by atoms with Crippen molar-refractivity contribution in [1.82, 2.24) is 0 Å². The number of carbonyl (C=O) groups excluding carboxylic acids is 1. The van der Waals surface area contributed by atoms with Gasteiger partial charge in [0.25, 0.3) is 0 Å². The van der Waals surface area contributed by atoms with Crippen LogP contribution in [0.15, 0.2) is 12.2 Å². The number of ether oxygens (including phenoxy) is 1. The van der Waals surface area contributed by atoms with E-state index in [0.29, 0.717) is 5.57 Å². The molecule has 0 aromatic rings. The first-order chi connectivity index (χ1) is 5.93. The van der Waals surface area contributed by atoms with Gasteiger partial charge < -0.3 is 9.84 Å². The normalized spacial score (nSPS) is 11.8. The average molecular weight is 186 g/mol. The van der Waals surface area contributed by atoms with Crippen LogP contribution in [0, 0.1) is 5.92 Å². The quantitative estimate of drug-likeness (QED) is 0.518. The zero-order valence-electron chi connectivity index (χ0n) is 7.87. The second kappa shape index (κ2) is 5.35. The summed E-state index contributed by atoms with van der Waals surface area (Å²) in [4.78, 5) is 21.1. The van der Waals surface area contributed by atoms with Gasteiger partial charge in [0, 0.05) is 11.5 Å². The van der Waals surface area contributed by atoms with Gasteiger partial charge in [0.2, 0.25) is 0 Å². The van der Waals surface area contributed by atoms with Crippen LogP contribution in [0.3, 0.4) is 0 Å². The highest BCUT2D eigenvalue weighted by atomic mass is 16.5. The molecule has 0 saturated carbocycles. The lowest BCUT2D eigenvalue weighted by atomic mass is 10.1. The number of carboxylic acids is 1. The van der Waals surface area contributed by atoms with E-state index in [1.54, 1.807) is 13.8 Å². The van der Waals surface area contributed by atoms with Gasteiger partial charge in [0.15, 0.2) is 0 Å². The van der Waals surface area contributed by atoms with Crippen LogP contribution in [0.5, 0.6) is 0 Å². The van der Waals surface area contributed by atoms with E-state index in [9.17, 15) is 9.59 Å². The fourth-order valence-electron chi connectivity index (χ4n) is 0.698. The lowest BCUT2D eigenvalue weighted by Crippen LogP contribution is -2.15. The van der Waals surface area contributed by atoms with E-state index in [4.69, 9.17) is 9.84 Å². The van der Waals surface area contributed by atoms with Crippen LogP contribution in [0.2, 0.25) is 0 Å². The zero-order chi connectivity index (χ0) is 10.4. The molecule has 0 aromatic carbocycles. The molecule has 0 rings (SSSR count). The SMILES string of the molecule is C=C(C)C(=O)OCC(C)CC(=O)O. The molecule has 74 valence electrons. The molecular weight excluding hydrogens is 172 g/mol. The lowest BCUT2D eigenvalue weighted by Gasteiger charge is -2.09. The molecule has 0 radical (unpaired) electrons. The van der Waals surface area contributed by atoms with Crippen molar-refractivity contribution in [2.75, 3.05) is 6.61 Å². The molecule has 0 aliphatic heterocycles. The smallest absolute Gasteiger partial charge is 0.333 e. The zero-order valence-corrected chi connectivity index (χ0v) is 7.87. The molecule has 13 heavy (non-hydrogen) atoms. The molecule has 1 N–H and O–H groups in total. The Morgan fingerprint density at radius 3 is 2.46 bits per heavy atom. The summed E-state index contributed by atoms with van der Waals surface area (Å²) in [6, 6.07) is 0.